The van der Waals surface area contributed by atoms with Crippen LogP contribution in [0.2, 0.25) is 0 Å². The molecule has 0 fully saturated rings. The van der Waals surface area contributed by atoms with Crippen LogP contribution in [-0.2, 0) is 4.79 Å². The number of H-pyrrole nitrogens is 1. The van der Waals surface area contributed by atoms with Crippen molar-refractivity contribution in [3.63, 3.8) is 0 Å². The van der Waals surface area contributed by atoms with Crippen LogP contribution in [0.25, 0.3) is 16.7 Å². The van der Waals surface area contributed by atoms with Crippen molar-refractivity contribution >= 4 is 34.4 Å². The minimum atomic E-state index is -0.317. The van der Waals surface area contributed by atoms with Crippen molar-refractivity contribution in [1.29, 1.82) is 0 Å². The van der Waals surface area contributed by atoms with Gasteiger partial charge < -0.3 is 15.0 Å². The van der Waals surface area contributed by atoms with Gasteiger partial charge in [-0.2, -0.15) is 5.10 Å². The van der Waals surface area contributed by atoms with E-state index in [2.05, 4.69) is 20.4 Å². The van der Waals surface area contributed by atoms with E-state index in [0.29, 0.717) is 27.6 Å². The first-order chi connectivity index (χ1) is 14.6. The Hall–Kier alpha value is -3.59. The van der Waals surface area contributed by atoms with Gasteiger partial charge in [0.1, 0.15) is 16.8 Å². The number of ether oxygens (including phenoxy) is 1. The molecule has 0 aliphatic carbocycles. The second-order valence-corrected chi connectivity index (χ2v) is 7.45. The van der Waals surface area contributed by atoms with Gasteiger partial charge in [-0.25, -0.2) is 9.67 Å². The Kier molecular flexibility index (Phi) is 5.53. The monoisotopic (exact) mass is 421 g/mol. The number of thioether (sulfide) groups is 1. The lowest BCUT2D eigenvalue weighted by Crippen LogP contribution is -2.16. The topological polar surface area (TPSA) is 102 Å². The first-order valence-corrected chi connectivity index (χ1v) is 10.1. The van der Waals surface area contributed by atoms with Crippen molar-refractivity contribution in [3.8, 4) is 11.4 Å². The minimum absolute atomic E-state index is 0.103. The number of para-hydroxylation sites is 3. The molecule has 0 saturated carbocycles. The predicted molar refractivity (Wildman–Crippen MR) is 117 cm³/mol. The smallest absolute Gasteiger partial charge is 0.262 e. The summed E-state index contributed by atoms with van der Waals surface area (Å²) in [5.74, 6) is 0.526. The fourth-order valence-electron chi connectivity index (χ4n) is 2.98. The number of amides is 1. The van der Waals surface area contributed by atoms with Gasteiger partial charge in [-0.1, -0.05) is 42.1 Å². The third kappa shape index (κ3) is 3.92. The normalized spacial score (nSPS) is 10.9. The standard InChI is InChI=1S/C21H19N5O3S/c1-13-7-3-4-8-15(13)23-18(27)12-30-21-24-19-14(20(28)25-21)11-22-26(19)16-9-5-6-10-17(16)29-2/h3-11H,12H2,1-2H3,(H,23,27)(H,24,25,28). The summed E-state index contributed by atoms with van der Waals surface area (Å²) in [6.07, 6.45) is 1.47. The number of nitrogens with zero attached hydrogens (tertiary/aromatic N) is 3. The molecule has 0 unspecified atom stereocenters. The van der Waals surface area contributed by atoms with Crippen LogP contribution in [0, 0.1) is 6.92 Å². The summed E-state index contributed by atoms with van der Waals surface area (Å²) >= 11 is 1.15. The average Bonchev–Trinajstić information content (AvgIpc) is 3.18. The number of carbonyl (C=O) groups is 1. The van der Waals surface area contributed by atoms with E-state index in [4.69, 9.17) is 4.74 Å². The van der Waals surface area contributed by atoms with Crippen molar-refractivity contribution in [2.24, 2.45) is 0 Å². The predicted octanol–water partition coefficient (Wildman–Crippen LogP) is 3.16. The maximum atomic E-state index is 12.5. The van der Waals surface area contributed by atoms with Gasteiger partial charge in [-0.15, -0.1) is 0 Å². The number of aryl methyl sites for hydroxylation is 1. The third-order valence-electron chi connectivity index (χ3n) is 4.49. The molecule has 2 aromatic heterocycles. The maximum Gasteiger partial charge on any atom is 0.262 e. The molecule has 30 heavy (non-hydrogen) atoms. The van der Waals surface area contributed by atoms with Crippen LogP contribution in [0.3, 0.4) is 0 Å². The minimum Gasteiger partial charge on any atom is -0.494 e. The summed E-state index contributed by atoms with van der Waals surface area (Å²) in [5, 5.41) is 7.86. The largest absolute Gasteiger partial charge is 0.494 e. The fraction of sp³-hybridized carbons (Fsp3) is 0.143. The van der Waals surface area contributed by atoms with Crippen LogP contribution in [0.5, 0.6) is 5.75 Å². The molecule has 2 N–H and O–H groups in total. The van der Waals surface area contributed by atoms with Crippen LogP contribution in [0.4, 0.5) is 5.69 Å². The van der Waals surface area contributed by atoms with Crippen LogP contribution >= 0.6 is 11.8 Å². The second kappa shape index (κ2) is 8.42. The molecule has 9 heteroatoms. The van der Waals surface area contributed by atoms with E-state index in [1.807, 2.05) is 55.5 Å². The van der Waals surface area contributed by atoms with Crippen molar-refractivity contribution in [2.45, 2.75) is 12.1 Å². The van der Waals surface area contributed by atoms with Crippen molar-refractivity contribution in [2.75, 3.05) is 18.2 Å². The lowest BCUT2D eigenvalue weighted by atomic mass is 10.2. The van der Waals surface area contributed by atoms with Gasteiger partial charge in [-0.3, -0.25) is 9.59 Å². The summed E-state index contributed by atoms with van der Waals surface area (Å²) < 4.78 is 6.95. The van der Waals surface area contributed by atoms with Crippen molar-refractivity contribution in [1.82, 2.24) is 19.7 Å². The molecule has 0 aliphatic heterocycles. The quantitative estimate of drug-likeness (QED) is 0.366. The zero-order chi connectivity index (χ0) is 21.1. The first kappa shape index (κ1) is 19.7. The molecule has 0 spiro atoms. The summed E-state index contributed by atoms with van der Waals surface area (Å²) in [7, 11) is 1.57. The first-order valence-electron chi connectivity index (χ1n) is 9.16. The molecule has 152 valence electrons. The van der Waals surface area contributed by atoms with E-state index in [0.717, 1.165) is 23.0 Å². The van der Waals surface area contributed by atoms with Gasteiger partial charge in [0, 0.05) is 5.69 Å². The molecule has 4 rings (SSSR count). The fourth-order valence-corrected chi connectivity index (χ4v) is 3.64. The molecule has 4 aromatic rings. The summed E-state index contributed by atoms with van der Waals surface area (Å²) in [4.78, 5) is 32.0. The summed E-state index contributed by atoms with van der Waals surface area (Å²) in [6.45, 7) is 1.93. The highest BCUT2D eigenvalue weighted by molar-refractivity contribution is 7.99. The number of anilines is 1. The van der Waals surface area contributed by atoms with Gasteiger partial charge >= 0.3 is 0 Å². The molecule has 0 saturated heterocycles. The highest BCUT2D eigenvalue weighted by Crippen LogP contribution is 2.25. The lowest BCUT2D eigenvalue weighted by molar-refractivity contribution is -0.113. The number of benzene rings is 2. The molecule has 0 aliphatic rings. The SMILES string of the molecule is COc1ccccc1-n1ncc2c(=O)[nH]c(SCC(=O)Nc3ccccc3C)nc21. The number of hydrogen-bond acceptors (Lipinski definition) is 6. The Balaban J connectivity index is 1.59. The number of fused-ring (bicyclic) bond motifs is 1. The number of rotatable bonds is 6. The zero-order valence-electron chi connectivity index (χ0n) is 16.4. The number of aromatic nitrogens is 4. The van der Waals surface area contributed by atoms with E-state index in [-0.39, 0.29) is 17.2 Å². The van der Waals surface area contributed by atoms with Gasteiger partial charge in [0.25, 0.3) is 5.56 Å². The van der Waals surface area contributed by atoms with E-state index < -0.39 is 0 Å². The molecular weight excluding hydrogens is 402 g/mol. The molecule has 2 aromatic carbocycles. The van der Waals surface area contributed by atoms with Crippen LogP contribution < -0.4 is 15.6 Å². The number of hydrogen-bond donors (Lipinski definition) is 2. The van der Waals surface area contributed by atoms with Gasteiger partial charge in [0.05, 0.1) is 19.1 Å². The molecule has 0 radical (unpaired) electrons. The average molecular weight is 421 g/mol. The van der Waals surface area contributed by atoms with E-state index in [1.54, 1.807) is 11.8 Å². The Morgan fingerprint density at radius 3 is 2.77 bits per heavy atom. The van der Waals surface area contributed by atoms with E-state index in [1.165, 1.54) is 6.20 Å². The Morgan fingerprint density at radius 1 is 1.20 bits per heavy atom. The molecule has 0 atom stereocenters. The molecule has 1 amide bonds. The molecule has 8 nitrogen and oxygen atoms in total. The van der Waals surface area contributed by atoms with Gasteiger partial charge in [0.2, 0.25) is 5.91 Å². The highest BCUT2D eigenvalue weighted by Gasteiger charge is 2.15. The van der Waals surface area contributed by atoms with Crippen LogP contribution in [-0.4, -0.2) is 38.5 Å². The Labute approximate surface area is 176 Å². The third-order valence-corrected chi connectivity index (χ3v) is 5.36. The summed E-state index contributed by atoms with van der Waals surface area (Å²) in [6, 6.07) is 14.9. The maximum absolute atomic E-state index is 12.5. The molecular formula is C21H19N5O3S. The summed E-state index contributed by atoms with van der Waals surface area (Å²) in [5.41, 5.74) is 2.48. The van der Waals surface area contributed by atoms with E-state index >= 15 is 0 Å². The number of methoxy groups -OCH3 is 1. The van der Waals surface area contributed by atoms with E-state index in [9.17, 15) is 9.59 Å². The van der Waals surface area contributed by atoms with Gasteiger partial charge in [0.15, 0.2) is 10.8 Å². The highest BCUT2D eigenvalue weighted by atomic mass is 32.2. The Morgan fingerprint density at radius 2 is 1.97 bits per heavy atom. The van der Waals surface area contributed by atoms with Crippen molar-refractivity contribution < 1.29 is 9.53 Å². The zero-order valence-corrected chi connectivity index (χ0v) is 17.2. The second-order valence-electron chi connectivity index (χ2n) is 6.49. The number of carbonyl (C=O) groups excluding carboxylic acids is 1. The Bertz CT molecular complexity index is 1280. The van der Waals surface area contributed by atoms with Crippen LogP contribution in [0.15, 0.2) is 64.7 Å². The lowest BCUT2D eigenvalue weighted by Gasteiger charge is -2.09. The number of aromatic amines is 1. The van der Waals surface area contributed by atoms with Crippen LogP contribution in [0.1, 0.15) is 5.56 Å². The van der Waals surface area contributed by atoms with Crippen molar-refractivity contribution in [3.05, 3.63) is 70.6 Å². The molecule has 0 bridgehead atoms. The van der Waals surface area contributed by atoms with Gasteiger partial charge in [-0.05, 0) is 30.7 Å². The number of nitrogens with one attached hydrogen (secondary N) is 2. The molecule has 2 heterocycles.